The molecule has 0 aliphatic heterocycles. The van der Waals surface area contributed by atoms with Crippen molar-refractivity contribution < 1.29 is 17.6 Å². The molecule has 0 aliphatic carbocycles. The van der Waals surface area contributed by atoms with Gasteiger partial charge in [0.15, 0.2) is 12.2 Å². The molecule has 0 aliphatic rings. The summed E-state index contributed by atoms with van der Waals surface area (Å²) in [5, 5.41) is 2.80. The van der Waals surface area contributed by atoms with Gasteiger partial charge in [0, 0.05) is 22.5 Å². The molecule has 0 radical (unpaired) electrons. The van der Waals surface area contributed by atoms with Crippen LogP contribution in [0.5, 0.6) is 0 Å². The molecule has 0 fully saturated rings. The highest BCUT2D eigenvalue weighted by atomic mass is 32.2. The molecular formula is C20H21N3O4S. The molecule has 0 atom stereocenters. The molecule has 7 nitrogen and oxygen atoms in total. The number of aromatic nitrogens is 1. The van der Waals surface area contributed by atoms with E-state index in [2.05, 4.69) is 15.0 Å². The number of hydrogen-bond donors (Lipinski definition) is 2. The molecule has 8 heteroatoms. The zero-order valence-corrected chi connectivity index (χ0v) is 16.6. The number of amides is 1. The summed E-state index contributed by atoms with van der Waals surface area (Å²) in [5.74, 6) is 0.351. The summed E-state index contributed by atoms with van der Waals surface area (Å²) in [4.78, 5) is 16.3. The summed E-state index contributed by atoms with van der Waals surface area (Å²) in [5.41, 5.74) is 2.30. The second kappa shape index (κ2) is 7.47. The second-order valence-corrected chi connectivity index (χ2v) is 9.63. The van der Waals surface area contributed by atoms with Crippen molar-refractivity contribution in [2.75, 3.05) is 10.0 Å². The van der Waals surface area contributed by atoms with Gasteiger partial charge in [-0.3, -0.25) is 9.52 Å². The number of anilines is 2. The van der Waals surface area contributed by atoms with Gasteiger partial charge in [0.1, 0.15) is 0 Å². The number of benzene rings is 2. The standard InChI is InChI=1S/C20H21N3O4S/c1-20(2,3)28(25,26)23-17-10-6-15(7-11-17)19(24)22-16-8-4-14(5-9-16)18-12-21-13-27-18/h4-13,23H,1-3H3,(H,22,24). The first kappa shape index (κ1) is 19.6. The number of nitrogens with zero attached hydrogens (tertiary/aromatic N) is 1. The van der Waals surface area contributed by atoms with E-state index in [4.69, 9.17) is 4.42 Å². The Kier molecular flexibility index (Phi) is 5.24. The molecule has 28 heavy (non-hydrogen) atoms. The van der Waals surface area contributed by atoms with Crippen molar-refractivity contribution in [3.63, 3.8) is 0 Å². The number of nitrogens with one attached hydrogen (secondary N) is 2. The Bertz CT molecular complexity index is 1050. The lowest BCUT2D eigenvalue weighted by Gasteiger charge is -2.20. The maximum Gasteiger partial charge on any atom is 0.255 e. The van der Waals surface area contributed by atoms with Crippen LogP contribution in [0.1, 0.15) is 31.1 Å². The first-order valence-electron chi connectivity index (χ1n) is 8.58. The Hall–Kier alpha value is -3.13. The van der Waals surface area contributed by atoms with Gasteiger partial charge in [0.25, 0.3) is 5.91 Å². The van der Waals surface area contributed by atoms with Gasteiger partial charge in [0.2, 0.25) is 10.0 Å². The van der Waals surface area contributed by atoms with Crippen LogP contribution in [0.15, 0.2) is 65.5 Å². The third kappa shape index (κ3) is 4.40. The number of hydrogen-bond acceptors (Lipinski definition) is 5. The highest BCUT2D eigenvalue weighted by Crippen LogP contribution is 2.22. The highest BCUT2D eigenvalue weighted by Gasteiger charge is 2.28. The van der Waals surface area contributed by atoms with E-state index in [1.807, 2.05) is 12.1 Å². The largest absolute Gasteiger partial charge is 0.444 e. The maximum absolute atomic E-state index is 12.4. The van der Waals surface area contributed by atoms with Crippen LogP contribution in [-0.2, 0) is 10.0 Å². The Morgan fingerprint density at radius 2 is 1.57 bits per heavy atom. The van der Waals surface area contributed by atoms with Crippen LogP contribution < -0.4 is 10.0 Å². The van der Waals surface area contributed by atoms with Crippen molar-refractivity contribution in [1.29, 1.82) is 0 Å². The first-order chi connectivity index (χ1) is 13.2. The van der Waals surface area contributed by atoms with Crippen LogP contribution in [-0.4, -0.2) is 24.1 Å². The monoisotopic (exact) mass is 399 g/mol. The van der Waals surface area contributed by atoms with Crippen molar-refractivity contribution in [1.82, 2.24) is 4.98 Å². The minimum atomic E-state index is -3.52. The number of oxazole rings is 1. The predicted octanol–water partition coefficient (Wildman–Crippen LogP) is 4.13. The second-order valence-electron chi connectivity index (χ2n) is 7.19. The lowest BCUT2D eigenvalue weighted by Crippen LogP contribution is -2.33. The fourth-order valence-corrected chi connectivity index (χ4v) is 3.03. The zero-order valence-electron chi connectivity index (χ0n) is 15.8. The molecule has 0 spiro atoms. The van der Waals surface area contributed by atoms with Crippen molar-refractivity contribution in [2.24, 2.45) is 0 Å². The van der Waals surface area contributed by atoms with E-state index in [-0.39, 0.29) is 5.91 Å². The molecule has 1 amide bonds. The third-order valence-electron chi connectivity index (χ3n) is 4.07. The molecule has 1 heterocycles. The molecule has 0 bridgehead atoms. The van der Waals surface area contributed by atoms with Crippen LogP contribution in [0.2, 0.25) is 0 Å². The molecule has 1 aromatic heterocycles. The average Bonchev–Trinajstić information content (AvgIpc) is 3.16. The van der Waals surface area contributed by atoms with Crippen LogP contribution in [0.25, 0.3) is 11.3 Å². The maximum atomic E-state index is 12.4. The predicted molar refractivity (Wildman–Crippen MR) is 109 cm³/mol. The summed E-state index contributed by atoms with van der Waals surface area (Å²) < 4.78 is 31.2. The van der Waals surface area contributed by atoms with E-state index in [0.717, 1.165) is 5.56 Å². The van der Waals surface area contributed by atoms with Gasteiger partial charge in [-0.05, 0) is 69.3 Å². The SMILES string of the molecule is CC(C)(C)S(=O)(=O)Nc1ccc(C(=O)Nc2ccc(-c3cnco3)cc2)cc1. The van der Waals surface area contributed by atoms with Crippen molar-refractivity contribution >= 4 is 27.3 Å². The van der Waals surface area contributed by atoms with Crippen molar-refractivity contribution in [3.05, 3.63) is 66.7 Å². The minimum Gasteiger partial charge on any atom is -0.444 e. The Labute approximate surface area is 163 Å². The van der Waals surface area contributed by atoms with Gasteiger partial charge in [-0.1, -0.05) is 0 Å². The molecule has 146 valence electrons. The summed E-state index contributed by atoms with van der Waals surface area (Å²) in [7, 11) is -3.52. The fourth-order valence-electron chi connectivity index (χ4n) is 2.28. The van der Waals surface area contributed by atoms with Crippen LogP contribution in [0, 0.1) is 0 Å². The molecular weight excluding hydrogens is 378 g/mol. The summed E-state index contributed by atoms with van der Waals surface area (Å²) in [6.07, 6.45) is 2.97. The van der Waals surface area contributed by atoms with Gasteiger partial charge in [-0.2, -0.15) is 0 Å². The zero-order chi connectivity index (χ0) is 20.4. The van der Waals surface area contributed by atoms with Crippen molar-refractivity contribution in [3.8, 4) is 11.3 Å². The normalized spacial score (nSPS) is 11.8. The Morgan fingerprint density at radius 3 is 2.11 bits per heavy atom. The number of rotatable bonds is 5. The Morgan fingerprint density at radius 1 is 0.964 bits per heavy atom. The summed E-state index contributed by atoms with van der Waals surface area (Å²) in [6.45, 7) is 4.85. The number of carbonyl (C=O) groups excluding carboxylic acids is 1. The van der Waals surface area contributed by atoms with Gasteiger partial charge < -0.3 is 9.73 Å². The van der Waals surface area contributed by atoms with Gasteiger partial charge in [0.05, 0.1) is 10.9 Å². The number of sulfonamides is 1. The van der Waals surface area contributed by atoms with Gasteiger partial charge >= 0.3 is 0 Å². The highest BCUT2D eigenvalue weighted by molar-refractivity contribution is 7.94. The molecule has 2 N–H and O–H groups in total. The lowest BCUT2D eigenvalue weighted by atomic mass is 10.1. The van der Waals surface area contributed by atoms with E-state index in [9.17, 15) is 13.2 Å². The fraction of sp³-hybridized carbons (Fsp3) is 0.200. The molecule has 3 rings (SSSR count). The van der Waals surface area contributed by atoms with Gasteiger partial charge in [-0.25, -0.2) is 13.4 Å². The van der Waals surface area contributed by atoms with Crippen LogP contribution in [0.3, 0.4) is 0 Å². The van der Waals surface area contributed by atoms with Crippen LogP contribution >= 0.6 is 0 Å². The molecule has 2 aromatic carbocycles. The smallest absolute Gasteiger partial charge is 0.255 e. The van der Waals surface area contributed by atoms with Crippen LogP contribution in [0.4, 0.5) is 11.4 Å². The number of carbonyl (C=O) groups is 1. The third-order valence-corrected chi connectivity index (χ3v) is 6.18. The Balaban J connectivity index is 1.66. The van der Waals surface area contributed by atoms with E-state index in [0.29, 0.717) is 22.7 Å². The molecule has 0 unspecified atom stereocenters. The van der Waals surface area contributed by atoms with E-state index in [1.54, 1.807) is 63.4 Å². The van der Waals surface area contributed by atoms with E-state index < -0.39 is 14.8 Å². The molecule has 0 saturated carbocycles. The minimum absolute atomic E-state index is 0.294. The molecule has 3 aromatic rings. The van der Waals surface area contributed by atoms with Crippen molar-refractivity contribution in [2.45, 2.75) is 25.5 Å². The quantitative estimate of drug-likeness (QED) is 0.672. The molecule has 0 saturated heterocycles. The van der Waals surface area contributed by atoms with Gasteiger partial charge in [-0.15, -0.1) is 0 Å². The van der Waals surface area contributed by atoms with E-state index >= 15 is 0 Å². The summed E-state index contributed by atoms with van der Waals surface area (Å²) >= 11 is 0. The topological polar surface area (TPSA) is 101 Å². The average molecular weight is 399 g/mol. The lowest BCUT2D eigenvalue weighted by molar-refractivity contribution is 0.102. The first-order valence-corrected chi connectivity index (χ1v) is 10.1. The van der Waals surface area contributed by atoms with E-state index in [1.165, 1.54) is 6.39 Å². The summed E-state index contributed by atoms with van der Waals surface area (Å²) in [6, 6.07) is 13.4.